The molecule has 9 heteroatoms. The average molecular weight is 510 g/mol. The molecule has 2 aromatic rings. The molecule has 0 spiro atoms. The summed E-state index contributed by atoms with van der Waals surface area (Å²) < 4.78 is 7.74. The zero-order valence-corrected chi connectivity index (χ0v) is 22.7. The van der Waals surface area contributed by atoms with Crippen LogP contribution in [0.2, 0.25) is 0 Å². The second-order valence-electron chi connectivity index (χ2n) is 11.2. The van der Waals surface area contributed by atoms with Gasteiger partial charge in [-0.25, -0.2) is 9.78 Å². The first kappa shape index (κ1) is 26.7. The summed E-state index contributed by atoms with van der Waals surface area (Å²) in [4.78, 5) is 32.9. The molecule has 0 radical (unpaired) electrons. The molecule has 1 unspecified atom stereocenters. The Morgan fingerprint density at radius 1 is 1.24 bits per heavy atom. The number of nitrogens with zero attached hydrogens (tertiary/aromatic N) is 3. The van der Waals surface area contributed by atoms with E-state index >= 15 is 0 Å². The Hall–Kier alpha value is -3.33. The van der Waals surface area contributed by atoms with Gasteiger partial charge in [0.15, 0.2) is 0 Å². The van der Waals surface area contributed by atoms with E-state index in [1.165, 1.54) is 0 Å². The Balaban J connectivity index is 1.75. The van der Waals surface area contributed by atoms with Gasteiger partial charge < -0.3 is 24.6 Å². The van der Waals surface area contributed by atoms with Gasteiger partial charge in [-0.2, -0.15) is 0 Å². The molecule has 37 heavy (non-hydrogen) atoms. The van der Waals surface area contributed by atoms with Crippen LogP contribution in [-0.2, 0) is 16.1 Å². The van der Waals surface area contributed by atoms with Gasteiger partial charge in [-0.1, -0.05) is 6.07 Å². The molecule has 200 valence electrons. The number of anilines is 1. The molecule has 1 fully saturated rings. The lowest BCUT2D eigenvalue weighted by Crippen LogP contribution is -2.39. The van der Waals surface area contributed by atoms with Crippen LogP contribution in [-0.4, -0.2) is 56.3 Å². The molecule has 0 aliphatic carbocycles. The maximum absolute atomic E-state index is 13.3. The highest BCUT2D eigenvalue weighted by Crippen LogP contribution is 2.33. The number of aryl methyl sites for hydroxylation is 1. The van der Waals surface area contributed by atoms with Gasteiger partial charge in [-0.15, -0.1) is 0 Å². The van der Waals surface area contributed by atoms with Crippen LogP contribution in [0, 0.1) is 6.92 Å². The molecule has 2 aliphatic heterocycles. The van der Waals surface area contributed by atoms with Crippen LogP contribution < -0.4 is 10.6 Å². The number of carbonyl (C=O) groups excluding carboxylic acids is 2. The van der Waals surface area contributed by atoms with Crippen LogP contribution in [0.1, 0.15) is 71.0 Å². The molecule has 0 saturated carbocycles. The van der Waals surface area contributed by atoms with Gasteiger partial charge in [-0.05, 0) is 90.2 Å². The van der Waals surface area contributed by atoms with E-state index in [2.05, 4.69) is 15.2 Å². The maximum atomic E-state index is 13.3. The standard InChI is InChI=1S/C28H39N5O4/c1-17-11-20(16-34)14-23-24(17)33(22-9-7-8-10-32(15-22)27(36)37-28(4,5)6)26(30-23)31-25(35)21-12-18(2)29-19(3)13-21/h11-14,18,22,29,34H,7-10,15-16H2,1-6H3,(H,30,31,35)/t18?,22-/m1/s1. The number of aromatic nitrogens is 2. The fraction of sp³-hybridized carbons (Fsp3) is 0.536. The summed E-state index contributed by atoms with van der Waals surface area (Å²) in [5, 5.41) is 16.1. The summed E-state index contributed by atoms with van der Waals surface area (Å²) in [6.07, 6.45) is 6.02. The molecule has 2 aliphatic rings. The summed E-state index contributed by atoms with van der Waals surface area (Å²) in [6, 6.07) is 3.74. The number of dihydropyridines is 1. The number of aliphatic hydroxyl groups is 1. The van der Waals surface area contributed by atoms with E-state index in [1.807, 2.05) is 65.8 Å². The van der Waals surface area contributed by atoms with E-state index < -0.39 is 5.60 Å². The summed E-state index contributed by atoms with van der Waals surface area (Å²) in [7, 11) is 0. The van der Waals surface area contributed by atoms with Crippen LogP contribution in [0.25, 0.3) is 11.0 Å². The van der Waals surface area contributed by atoms with Crippen molar-refractivity contribution in [1.82, 2.24) is 19.8 Å². The Labute approximate surface area is 218 Å². The van der Waals surface area contributed by atoms with E-state index in [4.69, 9.17) is 9.72 Å². The molecule has 1 saturated heterocycles. The summed E-state index contributed by atoms with van der Waals surface area (Å²) in [6.45, 7) is 12.5. The normalized spacial score (nSPS) is 20.6. The number of amides is 2. The van der Waals surface area contributed by atoms with Gasteiger partial charge in [0.2, 0.25) is 5.95 Å². The van der Waals surface area contributed by atoms with Crippen LogP contribution in [0.15, 0.2) is 35.6 Å². The lowest BCUT2D eigenvalue weighted by molar-refractivity contribution is -0.112. The highest BCUT2D eigenvalue weighted by atomic mass is 16.6. The molecular weight excluding hydrogens is 470 g/mol. The number of benzene rings is 1. The Kier molecular flexibility index (Phi) is 7.64. The number of hydrogen-bond donors (Lipinski definition) is 3. The maximum Gasteiger partial charge on any atom is 0.410 e. The average Bonchev–Trinajstić information content (AvgIpc) is 2.98. The fourth-order valence-corrected chi connectivity index (χ4v) is 5.17. The molecule has 2 amide bonds. The van der Waals surface area contributed by atoms with Crippen molar-refractivity contribution in [2.75, 3.05) is 18.4 Å². The third-order valence-corrected chi connectivity index (χ3v) is 6.63. The molecule has 3 heterocycles. The van der Waals surface area contributed by atoms with E-state index in [0.717, 1.165) is 41.6 Å². The highest BCUT2D eigenvalue weighted by Gasteiger charge is 2.30. The first-order valence-electron chi connectivity index (χ1n) is 13.0. The molecule has 0 bridgehead atoms. The third-order valence-electron chi connectivity index (χ3n) is 6.63. The quantitative estimate of drug-likeness (QED) is 0.558. The van der Waals surface area contributed by atoms with Gasteiger partial charge in [0, 0.05) is 30.4 Å². The molecule has 1 aromatic heterocycles. The molecule has 1 aromatic carbocycles. The SMILES string of the molecule is CC1=CC(C(=O)Nc2nc3cc(CO)cc(C)c3n2[C@@H]2CCCCN(C(=O)OC(C)(C)C)C2)=CC(C)N1. The van der Waals surface area contributed by atoms with Crippen molar-refractivity contribution in [1.29, 1.82) is 0 Å². The predicted octanol–water partition coefficient (Wildman–Crippen LogP) is 4.56. The molecular formula is C28H39N5O4. The second-order valence-corrected chi connectivity index (χ2v) is 11.2. The van der Waals surface area contributed by atoms with Gasteiger partial charge in [0.1, 0.15) is 5.60 Å². The van der Waals surface area contributed by atoms with Gasteiger partial charge in [-0.3, -0.25) is 10.1 Å². The number of fused-ring (bicyclic) bond motifs is 1. The largest absolute Gasteiger partial charge is 0.444 e. The minimum atomic E-state index is -0.581. The minimum Gasteiger partial charge on any atom is -0.444 e. The van der Waals surface area contributed by atoms with Crippen molar-refractivity contribution in [3.05, 3.63) is 46.7 Å². The second kappa shape index (κ2) is 10.6. The first-order valence-corrected chi connectivity index (χ1v) is 13.0. The third kappa shape index (κ3) is 6.15. The van der Waals surface area contributed by atoms with Crippen LogP contribution >= 0.6 is 0 Å². The van der Waals surface area contributed by atoms with Crippen molar-refractivity contribution in [3.63, 3.8) is 0 Å². The number of ether oxygens (including phenoxy) is 1. The van der Waals surface area contributed by atoms with Crippen molar-refractivity contribution in [2.24, 2.45) is 0 Å². The zero-order valence-electron chi connectivity index (χ0n) is 22.7. The van der Waals surface area contributed by atoms with Crippen molar-refractivity contribution in [2.45, 2.75) is 85.1 Å². The van der Waals surface area contributed by atoms with E-state index in [-0.39, 0.29) is 30.7 Å². The lowest BCUT2D eigenvalue weighted by atomic mass is 10.1. The topological polar surface area (TPSA) is 109 Å². The monoisotopic (exact) mass is 509 g/mol. The van der Waals surface area contributed by atoms with Gasteiger partial charge in [0.25, 0.3) is 5.91 Å². The van der Waals surface area contributed by atoms with Crippen LogP contribution in [0.5, 0.6) is 0 Å². The Morgan fingerprint density at radius 3 is 2.68 bits per heavy atom. The number of carbonyl (C=O) groups is 2. The van der Waals surface area contributed by atoms with E-state index in [1.54, 1.807) is 4.90 Å². The number of hydrogen-bond acceptors (Lipinski definition) is 6. The molecule has 9 nitrogen and oxygen atoms in total. The molecule has 2 atom stereocenters. The number of nitrogens with one attached hydrogen (secondary N) is 2. The predicted molar refractivity (Wildman–Crippen MR) is 144 cm³/mol. The molecule has 4 rings (SSSR count). The number of rotatable bonds is 4. The van der Waals surface area contributed by atoms with Crippen molar-refractivity contribution in [3.8, 4) is 0 Å². The van der Waals surface area contributed by atoms with E-state index in [9.17, 15) is 14.7 Å². The van der Waals surface area contributed by atoms with Gasteiger partial charge >= 0.3 is 6.09 Å². The fourth-order valence-electron chi connectivity index (χ4n) is 5.17. The Bertz CT molecular complexity index is 1250. The van der Waals surface area contributed by atoms with Crippen molar-refractivity contribution < 1.29 is 19.4 Å². The Morgan fingerprint density at radius 2 is 2.00 bits per heavy atom. The zero-order chi connectivity index (χ0) is 26.9. The summed E-state index contributed by atoms with van der Waals surface area (Å²) >= 11 is 0. The lowest BCUT2D eigenvalue weighted by Gasteiger charge is -2.29. The van der Waals surface area contributed by atoms with Crippen molar-refractivity contribution >= 4 is 29.0 Å². The minimum absolute atomic E-state index is 0.0446. The van der Waals surface area contributed by atoms with Crippen LogP contribution in [0.3, 0.4) is 0 Å². The summed E-state index contributed by atoms with van der Waals surface area (Å²) in [5.74, 6) is 0.203. The number of imidazole rings is 1. The smallest absolute Gasteiger partial charge is 0.410 e. The number of aliphatic hydroxyl groups excluding tert-OH is 1. The van der Waals surface area contributed by atoms with Gasteiger partial charge in [0.05, 0.1) is 23.7 Å². The highest BCUT2D eigenvalue weighted by molar-refractivity contribution is 6.06. The molecule has 3 N–H and O–H groups in total. The number of likely N-dealkylation sites (tertiary alicyclic amines) is 1. The first-order chi connectivity index (χ1) is 17.4. The number of allylic oxidation sites excluding steroid dienone is 1. The van der Waals surface area contributed by atoms with Crippen LogP contribution in [0.4, 0.5) is 10.7 Å². The van der Waals surface area contributed by atoms with E-state index in [0.29, 0.717) is 30.1 Å². The summed E-state index contributed by atoms with van der Waals surface area (Å²) in [5.41, 5.74) is 4.22.